The SMILES string of the molecule is COc1cc(C)cc(C)c1-c1ccnc(C#N)n1. The minimum absolute atomic E-state index is 0.162. The van der Waals surface area contributed by atoms with E-state index in [1.54, 1.807) is 19.4 Å². The Morgan fingerprint density at radius 3 is 2.72 bits per heavy atom. The lowest BCUT2D eigenvalue weighted by Gasteiger charge is -2.12. The largest absolute Gasteiger partial charge is 0.496 e. The molecule has 0 N–H and O–H groups in total. The molecule has 0 saturated carbocycles. The summed E-state index contributed by atoms with van der Waals surface area (Å²) in [4.78, 5) is 8.08. The highest BCUT2D eigenvalue weighted by Crippen LogP contribution is 2.32. The lowest BCUT2D eigenvalue weighted by molar-refractivity contribution is 0.415. The van der Waals surface area contributed by atoms with Crippen molar-refractivity contribution in [3.63, 3.8) is 0 Å². The van der Waals surface area contributed by atoms with Crippen molar-refractivity contribution in [1.29, 1.82) is 5.26 Å². The van der Waals surface area contributed by atoms with Gasteiger partial charge in [0, 0.05) is 11.8 Å². The predicted octanol–water partition coefficient (Wildman–Crippen LogP) is 2.64. The summed E-state index contributed by atoms with van der Waals surface area (Å²) in [5, 5.41) is 8.84. The molecule has 0 spiro atoms. The average molecular weight is 239 g/mol. The molecular weight excluding hydrogens is 226 g/mol. The van der Waals surface area contributed by atoms with E-state index in [0.29, 0.717) is 5.69 Å². The van der Waals surface area contributed by atoms with Crippen LogP contribution in [0.5, 0.6) is 5.75 Å². The van der Waals surface area contributed by atoms with Crippen molar-refractivity contribution in [1.82, 2.24) is 9.97 Å². The Bertz CT molecular complexity index is 629. The van der Waals surface area contributed by atoms with Crippen molar-refractivity contribution in [2.45, 2.75) is 13.8 Å². The van der Waals surface area contributed by atoms with E-state index in [2.05, 4.69) is 16.0 Å². The molecule has 2 rings (SSSR count). The van der Waals surface area contributed by atoms with Crippen LogP contribution in [-0.2, 0) is 0 Å². The van der Waals surface area contributed by atoms with Gasteiger partial charge in [0.15, 0.2) is 0 Å². The van der Waals surface area contributed by atoms with Crippen molar-refractivity contribution in [2.75, 3.05) is 7.11 Å². The quantitative estimate of drug-likeness (QED) is 0.808. The molecule has 4 heteroatoms. The van der Waals surface area contributed by atoms with Crippen LogP contribution in [0.1, 0.15) is 17.0 Å². The molecule has 0 saturated heterocycles. The number of benzene rings is 1. The summed E-state index contributed by atoms with van der Waals surface area (Å²) in [5.41, 5.74) is 3.80. The average Bonchev–Trinajstić information content (AvgIpc) is 2.37. The lowest BCUT2D eigenvalue weighted by atomic mass is 10.0. The fourth-order valence-electron chi connectivity index (χ4n) is 1.97. The molecule has 0 atom stereocenters. The molecule has 0 aliphatic heterocycles. The summed E-state index contributed by atoms with van der Waals surface area (Å²) in [6.07, 6.45) is 1.58. The van der Waals surface area contributed by atoms with Gasteiger partial charge in [-0.1, -0.05) is 6.07 Å². The molecular formula is C14H13N3O. The van der Waals surface area contributed by atoms with Crippen LogP contribution in [0.3, 0.4) is 0 Å². The molecule has 0 amide bonds. The summed E-state index contributed by atoms with van der Waals surface area (Å²) >= 11 is 0. The summed E-state index contributed by atoms with van der Waals surface area (Å²) in [5.74, 6) is 0.921. The molecule has 1 aromatic heterocycles. The van der Waals surface area contributed by atoms with Gasteiger partial charge in [0.2, 0.25) is 5.82 Å². The molecule has 2 aromatic rings. The first kappa shape index (κ1) is 12.1. The van der Waals surface area contributed by atoms with Crippen LogP contribution in [0.4, 0.5) is 0 Å². The smallest absolute Gasteiger partial charge is 0.232 e. The third-order valence-corrected chi connectivity index (χ3v) is 2.68. The number of nitriles is 1. The topological polar surface area (TPSA) is 58.8 Å². The van der Waals surface area contributed by atoms with Crippen molar-refractivity contribution >= 4 is 0 Å². The second-order valence-electron chi connectivity index (χ2n) is 4.04. The number of aryl methyl sites for hydroxylation is 2. The zero-order valence-corrected chi connectivity index (χ0v) is 10.6. The minimum atomic E-state index is 0.162. The van der Waals surface area contributed by atoms with Gasteiger partial charge in [-0.2, -0.15) is 5.26 Å². The van der Waals surface area contributed by atoms with Gasteiger partial charge in [-0.3, -0.25) is 0 Å². The molecule has 1 aromatic carbocycles. The number of nitrogens with zero attached hydrogens (tertiary/aromatic N) is 3. The van der Waals surface area contributed by atoms with Crippen LogP contribution < -0.4 is 4.74 Å². The molecule has 0 fully saturated rings. The summed E-state index contributed by atoms with van der Waals surface area (Å²) in [6.45, 7) is 4.01. The Morgan fingerprint density at radius 2 is 2.06 bits per heavy atom. The molecule has 0 bridgehead atoms. The Morgan fingerprint density at radius 1 is 1.28 bits per heavy atom. The van der Waals surface area contributed by atoms with E-state index in [1.807, 2.05) is 26.0 Å². The first-order chi connectivity index (χ1) is 8.65. The third kappa shape index (κ3) is 2.16. The van der Waals surface area contributed by atoms with Crippen LogP contribution in [0, 0.1) is 25.2 Å². The maximum atomic E-state index is 8.84. The van der Waals surface area contributed by atoms with Gasteiger partial charge in [0.25, 0.3) is 0 Å². The number of hydrogen-bond acceptors (Lipinski definition) is 4. The van der Waals surface area contributed by atoms with Gasteiger partial charge >= 0.3 is 0 Å². The lowest BCUT2D eigenvalue weighted by Crippen LogP contribution is -1.97. The van der Waals surface area contributed by atoms with E-state index in [9.17, 15) is 0 Å². The van der Waals surface area contributed by atoms with Crippen molar-refractivity contribution < 1.29 is 4.74 Å². The molecule has 90 valence electrons. The standard InChI is InChI=1S/C14H13N3O/c1-9-6-10(2)14(12(7-9)18-3)11-4-5-16-13(8-15)17-11/h4-7H,1-3H3. The Kier molecular flexibility index (Phi) is 3.24. The Balaban J connectivity index is 2.66. The number of rotatable bonds is 2. The minimum Gasteiger partial charge on any atom is -0.496 e. The molecule has 0 radical (unpaired) electrons. The number of ether oxygens (including phenoxy) is 1. The summed E-state index contributed by atoms with van der Waals surface area (Å²) in [7, 11) is 1.63. The van der Waals surface area contributed by atoms with E-state index in [0.717, 1.165) is 22.4 Å². The fourth-order valence-corrected chi connectivity index (χ4v) is 1.97. The normalized spacial score (nSPS) is 9.89. The highest BCUT2D eigenvalue weighted by atomic mass is 16.5. The second-order valence-corrected chi connectivity index (χ2v) is 4.04. The fraction of sp³-hybridized carbons (Fsp3) is 0.214. The summed E-state index contributed by atoms with van der Waals surface area (Å²) < 4.78 is 5.39. The molecule has 0 aliphatic carbocycles. The highest BCUT2D eigenvalue weighted by molar-refractivity contribution is 5.71. The molecule has 4 nitrogen and oxygen atoms in total. The van der Waals surface area contributed by atoms with Gasteiger partial charge in [-0.05, 0) is 37.1 Å². The Labute approximate surface area is 106 Å². The van der Waals surface area contributed by atoms with Gasteiger partial charge in [-0.25, -0.2) is 9.97 Å². The van der Waals surface area contributed by atoms with Gasteiger partial charge in [-0.15, -0.1) is 0 Å². The number of aromatic nitrogens is 2. The van der Waals surface area contributed by atoms with E-state index in [1.165, 1.54) is 0 Å². The van der Waals surface area contributed by atoms with E-state index in [4.69, 9.17) is 10.00 Å². The second kappa shape index (κ2) is 4.84. The number of hydrogen-bond donors (Lipinski definition) is 0. The van der Waals surface area contributed by atoms with Crippen LogP contribution >= 0.6 is 0 Å². The monoisotopic (exact) mass is 239 g/mol. The predicted molar refractivity (Wildman–Crippen MR) is 68.2 cm³/mol. The van der Waals surface area contributed by atoms with Gasteiger partial charge in [0.1, 0.15) is 11.8 Å². The third-order valence-electron chi connectivity index (χ3n) is 2.68. The number of methoxy groups -OCH3 is 1. The molecule has 1 heterocycles. The maximum Gasteiger partial charge on any atom is 0.232 e. The van der Waals surface area contributed by atoms with E-state index >= 15 is 0 Å². The van der Waals surface area contributed by atoms with Gasteiger partial charge in [0.05, 0.1) is 12.8 Å². The highest BCUT2D eigenvalue weighted by Gasteiger charge is 2.12. The van der Waals surface area contributed by atoms with Crippen molar-refractivity contribution in [3.8, 4) is 23.1 Å². The maximum absolute atomic E-state index is 8.84. The van der Waals surface area contributed by atoms with E-state index in [-0.39, 0.29) is 5.82 Å². The molecule has 0 aliphatic rings. The first-order valence-electron chi connectivity index (χ1n) is 5.54. The molecule has 0 unspecified atom stereocenters. The van der Waals surface area contributed by atoms with Crippen LogP contribution in [0.2, 0.25) is 0 Å². The van der Waals surface area contributed by atoms with Crippen molar-refractivity contribution in [2.24, 2.45) is 0 Å². The van der Waals surface area contributed by atoms with E-state index < -0.39 is 0 Å². The zero-order chi connectivity index (χ0) is 13.1. The van der Waals surface area contributed by atoms with Crippen LogP contribution in [0.15, 0.2) is 24.4 Å². The zero-order valence-electron chi connectivity index (χ0n) is 10.6. The summed E-state index contributed by atoms with van der Waals surface area (Å²) in [6, 6.07) is 7.74. The first-order valence-corrected chi connectivity index (χ1v) is 5.54. The van der Waals surface area contributed by atoms with Crippen LogP contribution in [0.25, 0.3) is 11.3 Å². The van der Waals surface area contributed by atoms with Crippen molar-refractivity contribution in [3.05, 3.63) is 41.3 Å². The van der Waals surface area contributed by atoms with Gasteiger partial charge < -0.3 is 4.74 Å². The van der Waals surface area contributed by atoms with Crippen LogP contribution in [-0.4, -0.2) is 17.1 Å². The Hall–Kier alpha value is -2.41. The molecule has 18 heavy (non-hydrogen) atoms.